The molecule has 0 unspecified atom stereocenters. The molecule has 2 aromatic rings. The number of guanidine groups is 1. The summed E-state index contributed by atoms with van der Waals surface area (Å²) < 4.78 is 13.7. The molecule has 6 heteroatoms. The summed E-state index contributed by atoms with van der Waals surface area (Å²) in [6.45, 7) is 4.22. The maximum Gasteiger partial charge on any atom is 0.194 e. The molecule has 3 rings (SSSR count). The van der Waals surface area contributed by atoms with E-state index in [9.17, 15) is 4.39 Å². The minimum atomic E-state index is -0.182. The lowest BCUT2D eigenvalue weighted by molar-refractivity contribution is 0.373. The molecule has 4 nitrogen and oxygen atoms in total. The lowest BCUT2D eigenvalue weighted by Crippen LogP contribution is -2.52. The molecule has 2 heterocycles. The smallest absolute Gasteiger partial charge is 0.194 e. The molecule has 1 N–H and O–H groups in total. The molecule has 0 atom stereocenters. The summed E-state index contributed by atoms with van der Waals surface area (Å²) in [5, 5.41) is 6.69. The summed E-state index contributed by atoms with van der Waals surface area (Å²) in [5.74, 6) is 0.650. The standard InChI is InChI=1S/C17H21FN4S/c1-19-17(20-13-14-5-2-3-6-15(14)18)22-10-8-21(9-11-22)16-7-4-12-23-16/h2-7,12H,8-11,13H2,1H3,(H,19,20). The van der Waals surface area contributed by atoms with Crippen molar-refractivity contribution in [3.05, 3.63) is 53.2 Å². The Morgan fingerprint density at radius 3 is 2.61 bits per heavy atom. The van der Waals surface area contributed by atoms with Crippen molar-refractivity contribution in [2.45, 2.75) is 6.54 Å². The average molecular weight is 332 g/mol. The third-order valence-electron chi connectivity index (χ3n) is 4.00. The molecule has 1 aromatic heterocycles. The Morgan fingerprint density at radius 2 is 1.96 bits per heavy atom. The highest BCUT2D eigenvalue weighted by atomic mass is 32.1. The quantitative estimate of drug-likeness (QED) is 0.693. The van der Waals surface area contributed by atoms with Gasteiger partial charge in [-0.3, -0.25) is 4.99 Å². The molecular formula is C17H21FN4S. The minimum Gasteiger partial charge on any atom is -0.360 e. The van der Waals surface area contributed by atoms with Crippen LogP contribution in [-0.4, -0.2) is 44.1 Å². The van der Waals surface area contributed by atoms with Crippen LogP contribution in [0, 0.1) is 5.82 Å². The van der Waals surface area contributed by atoms with E-state index in [1.54, 1.807) is 30.5 Å². The van der Waals surface area contributed by atoms with Gasteiger partial charge in [-0.15, -0.1) is 11.3 Å². The molecule has 1 saturated heterocycles. The van der Waals surface area contributed by atoms with E-state index in [2.05, 4.69) is 37.6 Å². The maximum atomic E-state index is 13.7. The predicted molar refractivity (Wildman–Crippen MR) is 94.7 cm³/mol. The third kappa shape index (κ3) is 3.82. The van der Waals surface area contributed by atoms with Gasteiger partial charge in [0.1, 0.15) is 5.82 Å². The van der Waals surface area contributed by atoms with Gasteiger partial charge in [0.2, 0.25) is 0 Å². The van der Waals surface area contributed by atoms with Gasteiger partial charge in [0.05, 0.1) is 5.00 Å². The largest absolute Gasteiger partial charge is 0.360 e. The van der Waals surface area contributed by atoms with Crippen LogP contribution in [0.4, 0.5) is 9.39 Å². The van der Waals surface area contributed by atoms with Crippen molar-refractivity contribution < 1.29 is 4.39 Å². The molecule has 122 valence electrons. The van der Waals surface area contributed by atoms with E-state index in [0.717, 1.165) is 32.1 Å². The van der Waals surface area contributed by atoms with Gasteiger partial charge in [0.25, 0.3) is 0 Å². The van der Waals surface area contributed by atoms with E-state index in [1.807, 2.05) is 6.07 Å². The maximum absolute atomic E-state index is 13.7. The molecule has 0 bridgehead atoms. The van der Waals surface area contributed by atoms with Gasteiger partial charge in [-0.25, -0.2) is 4.39 Å². The molecular weight excluding hydrogens is 311 g/mol. The fourth-order valence-corrected chi connectivity index (χ4v) is 3.52. The summed E-state index contributed by atoms with van der Waals surface area (Å²) >= 11 is 1.77. The van der Waals surface area contributed by atoms with Crippen LogP contribution >= 0.6 is 11.3 Å². The fraction of sp³-hybridized carbons (Fsp3) is 0.353. The van der Waals surface area contributed by atoms with E-state index in [0.29, 0.717) is 12.1 Å². The normalized spacial score (nSPS) is 15.8. The van der Waals surface area contributed by atoms with Crippen LogP contribution in [0.5, 0.6) is 0 Å². The van der Waals surface area contributed by atoms with Crippen LogP contribution < -0.4 is 10.2 Å². The zero-order chi connectivity index (χ0) is 16.1. The van der Waals surface area contributed by atoms with E-state index < -0.39 is 0 Å². The summed E-state index contributed by atoms with van der Waals surface area (Å²) in [6.07, 6.45) is 0. The first-order valence-electron chi connectivity index (χ1n) is 7.75. The van der Waals surface area contributed by atoms with Gasteiger partial charge in [-0.05, 0) is 23.6 Å². The van der Waals surface area contributed by atoms with Gasteiger partial charge in [-0.1, -0.05) is 18.2 Å². The number of thiophene rings is 1. The number of halogens is 1. The van der Waals surface area contributed by atoms with E-state index in [-0.39, 0.29) is 5.82 Å². The molecule has 0 radical (unpaired) electrons. The van der Waals surface area contributed by atoms with Crippen LogP contribution in [0.1, 0.15) is 5.56 Å². The highest BCUT2D eigenvalue weighted by molar-refractivity contribution is 7.14. The molecule has 1 aliphatic rings. The second-order valence-electron chi connectivity index (χ2n) is 5.42. The number of benzene rings is 1. The predicted octanol–water partition coefficient (Wildman–Crippen LogP) is 2.78. The first-order valence-corrected chi connectivity index (χ1v) is 8.63. The molecule has 1 fully saturated rings. The number of piperazine rings is 1. The lowest BCUT2D eigenvalue weighted by Gasteiger charge is -2.37. The van der Waals surface area contributed by atoms with Crippen molar-refractivity contribution in [3.8, 4) is 0 Å². The van der Waals surface area contributed by atoms with E-state index in [4.69, 9.17) is 0 Å². The number of nitrogens with one attached hydrogen (secondary N) is 1. The van der Waals surface area contributed by atoms with Gasteiger partial charge in [0.15, 0.2) is 5.96 Å². The molecule has 0 saturated carbocycles. The van der Waals surface area contributed by atoms with Crippen molar-refractivity contribution >= 4 is 22.3 Å². The molecule has 0 spiro atoms. The second kappa shape index (κ2) is 7.46. The fourth-order valence-electron chi connectivity index (χ4n) is 2.74. The number of anilines is 1. The Kier molecular flexibility index (Phi) is 5.12. The van der Waals surface area contributed by atoms with Crippen LogP contribution in [-0.2, 0) is 6.54 Å². The summed E-state index contributed by atoms with van der Waals surface area (Å²) in [7, 11) is 1.77. The molecule has 0 aliphatic carbocycles. The van der Waals surface area contributed by atoms with Gasteiger partial charge in [-0.2, -0.15) is 0 Å². The van der Waals surface area contributed by atoms with Gasteiger partial charge < -0.3 is 15.1 Å². The highest BCUT2D eigenvalue weighted by Crippen LogP contribution is 2.22. The Bertz CT molecular complexity index is 648. The number of rotatable bonds is 3. The first kappa shape index (κ1) is 15.8. The zero-order valence-corrected chi connectivity index (χ0v) is 14.0. The third-order valence-corrected chi connectivity index (χ3v) is 4.93. The molecule has 1 aromatic carbocycles. The molecule has 0 amide bonds. The number of nitrogens with zero attached hydrogens (tertiary/aromatic N) is 3. The van der Waals surface area contributed by atoms with Crippen LogP contribution in [0.25, 0.3) is 0 Å². The van der Waals surface area contributed by atoms with Gasteiger partial charge >= 0.3 is 0 Å². The molecule has 1 aliphatic heterocycles. The highest BCUT2D eigenvalue weighted by Gasteiger charge is 2.20. The lowest BCUT2D eigenvalue weighted by atomic mass is 10.2. The van der Waals surface area contributed by atoms with Crippen LogP contribution in [0.3, 0.4) is 0 Å². The van der Waals surface area contributed by atoms with Crippen molar-refractivity contribution in [1.82, 2.24) is 10.2 Å². The van der Waals surface area contributed by atoms with E-state index >= 15 is 0 Å². The Morgan fingerprint density at radius 1 is 1.17 bits per heavy atom. The Balaban J connectivity index is 1.55. The van der Waals surface area contributed by atoms with Gasteiger partial charge in [0, 0.05) is 45.3 Å². The Labute approximate surface area is 140 Å². The summed E-state index contributed by atoms with van der Waals surface area (Å²) in [4.78, 5) is 8.96. The minimum absolute atomic E-state index is 0.182. The van der Waals surface area contributed by atoms with Crippen molar-refractivity contribution in [3.63, 3.8) is 0 Å². The SMILES string of the molecule is CN=C(NCc1ccccc1F)N1CCN(c2cccs2)CC1. The van der Waals surface area contributed by atoms with Crippen LogP contribution in [0.2, 0.25) is 0 Å². The van der Waals surface area contributed by atoms with Crippen molar-refractivity contribution in [2.75, 3.05) is 38.1 Å². The average Bonchev–Trinajstić information content (AvgIpc) is 3.12. The topological polar surface area (TPSA) is 30.9 Å². The number of hydrogen-bond donors (Lipinski definition) is 1. The monoisotopic (exact) mass is 332 g/mol. The number of hydrogen-bond acceptors (Lipinski definition) is 3. The zero-order valence-electron chi connectivity index (χ0n) is 13.2. The van der Waals surface area contributed by atoms with Crippen LogP contribution in [0.15, 0.2) is 46.8 Å². The number of aliphatic imine (C=N–C) groups is 1. The summed E-state index contributed by atoms with van der Waals surface area (Å²) in [6, 6.07) is 11.1. The molecule has 23 heavy (non-hydrogen) atoms. The first-order chi connectivity index (χ1) is 11.3. The van der Waals surface area contributed by atoms with E-state index in [1.165, 1.54) is 11.1 Å². The van der Waals surface area contributed by atoms with Crippen molar-refractivity contribution in [1.29, 1.82) is 0 Å². The Hall–Kier alpha value is -2.08. The van der Waals surface area contributed by atoms with Crippen molar-refractivity contribution in [2.24, 2.45) is 4.99 Å². The second-order valence-corrected chi connectivity index (χ2v) is 6.34. The summed E-state index contributed by atoms with van der Waals surface area (Å²) in [5.41, 5.74) is 0.658.